The molecule has 2 amide bonds. The Bertz CT molecular complexity index is 1510. The number of aromatic nitrogens is 5. The molecule has 2 aliphatic carbocycles. The average Bonchev–Trinajstić information content (AvgIpc) is 3.58. The molecule has 3 aromatic heterocycles. The van der Waals surface area contributed by atoms with Gasteiger partial charge in [-0.05, 0) is 75.0 Å². The topological polar surface area (TPSA) is 133 Å². The summed E-state index contributed by atoms with van der Waals surface area (Å²) in [5.74, 6) is -3.56. The molecule has 0 spiro atoms. The Kier molecular flexibility index (Phi) is 7.67. The summed E-state index contributed by atoms with van der Waals surface area (Å²) in [6.07, 6.45) is 5.84. The maximum Gasteiger partial charge on any atom is 0.321 e. The van der Waals surface area contributed by atoms with E-state index in [1.54, 1.807) is 39.8 Å². The van der Waals surface area contributed by atoms with E-state index in [2.05, 4.69) is 15.7 Å². The summed E-state index contributed by atoms with van der Waals surface area (Å²) in [4.78, 5) is 44.3. The van der Waals surface area contributed by atoms with E-state index in [-0.39, 0.29) is 55.8 Å². The molecular formula is C30H37F2N7O4. The number of aryl methyl sites for hydroxylation is 1. The van der Waals surface area contributed by atoms with Crippen molar-refractivity contribution in [3.63, 3.8) is 0 Å². The Balaban J connectivity index is 1.30. The Hall–Kier alpha value is -3.90. The number of rotatable bonds is 9. The molecule has 3 aliphatic rings. The van der Waals surface area contributed by atoms with Crippen molar-refractivity contribution in [3.8, 4) is 0 Å². The Morgan fingerprint density at radius 1 is 1.16 bits per heavy atom. The van der Waals surface area contributed by atoms with Crippen molar-refractivity contribution in [2.45, 2.75) is 76.8 Å². The summed E-state index contributed by atoms with van der Waals surface area (Å²) in [5.41, 5.74) is 0.506. The van der Waals surface area contributed by atoms with E-state index in [4.69, 9.17) is 14.8 Å². The highest BCUT2D eigenvalue weighted by atomic mass is 19.3. The third kappa shape index (κ3) is 5.73. The van der Waals surface area contributed by atoms with Crippen LogP contribution in [0.25, 0.3) is 5.65 Å². The lowest BCUT2D eigenvalue weighted by molar-refractivity contribution is -0.162. The van der Waals surface area contributed by atoms with Gasteiger partial charge in [0, 0.05) is 38.5 Å². The normalized spacial score (nSPS) is 24.8. The number of alkyl halides is 2. The zero-order valence-electron chi connectivity index (χ0n) is 24.4. The SMILES string of the molecule is CCn1nccc1C(=O)NC(c1cn2nc(CC3(C(=O)OC)CC(C4CC4)CNC3=O)ccc2n1)C1CCC(F)(F)CC1. The predicted octanol–water partition coefficient (Wildman–Crippen LogP) is 3.49. The van der Waals surface area contributed by atoms with Gasteiger partial charge in [-0.3, -0.25) is 19.1 Å². The van der Waals surface area contributed by atoms with Gasteiger partial charge in [0.05, 0.1) is 30.7 Å². The summed E-state index contributed by atoms with van der Waals surface area (Å²) >= 11 is 0. The first-order valence-electron chi connectivity index (χ1n) is 15.0. The number of nitrogens with zero attached hydrogens (tertiary/aromatic N) is 5. The standard InChI is InChI=1S/C30H37F2N7O4/c1-3-38-23(10-13-34-38)26(40)36-25(19-8-11-30(31,32)12-9-19)22-17-39-24(35-22)7-6-21(37-39)15-29(28(42)43-2)14-20(18-4-5-18)16-33-27(29)41/h6-7,10,13,17-20,25H,3-5,8-9,11-12,14-16H2,1-2H3,(H,33,41)(H,36,40). The highest BCUT2D eigenvalue weighted by Crippen LogP contribution is 2.46. The number of hydrogen-bond acceptors (Lipinski definition) is 7. The van der Waals surface area contributed by atoms with Crippen molar-refractivity contribution in [1.29, 1.82) is 0 Å². The number of ether oxygens (including phenoxy) is 1. The highest BCUT2D eigenvalue weighted by molar-refractivity contribution is 6.03. The minimum atomic E-state index is -2.72. The van der Waals surface area contributed by atoms with Gasteiger partial charge < -0.3 is 15.4 Å². The van der Waals surface area contributed by atoms with Crippen LogP contribution in [0.15, 0.2) is 30.6 Å². The van der Waals surface area contributed by atoms with Gasteiger partial charge in [-0.15, -0.1) is 0 Å². The van der Waals surface area contributed by atoms with E-state index >= 15 is 0 Å². The van der Waals surface area contributed by atoms with E-state index in [0.717, 1.165) is 12.8 Å². The van der Waals surface area contributed by atoms with E-state index in [1.807, 2.05) is 6.92 Å². The highest BCUT2D eigenvalue weighted by Gasteiger charge is 2.53. The number of amides is 2. The quantitative estimate of drug-likeness (QED) is 0.285. The first kappa shape index (κ1) is 29.2. The Morgan fingerprint density at radius 3 is 2.63 bits per heavy atom. The van der Waals surface area contributed by atoms with Crippen LogP contribution in [0.1, 0.15) is 79.8 Å². The molecule has 43 heavy (non-hydrogen) atoms. The van der Waals surface area contributed by atoms with E-state index in [0.29, 0.717) is 48.2 Å². The van der Waals surface area contributed by atoms with Crippen molar-refractivity contribution >= 4 is 23.4 Å². The number of imidazole rings is 1. The molecule has 13 heteroatoms. The van der Waals surface area contributed by atoms with Crippen LogP contribution in [-0.2, 0) is 27.3 Å². The van der Waals surface area contributed by atoms with Crippen molar-refractivity contribution in [3.05, 3.63) is 47.7 Å². The Labute approximate surface area is 247 Å². The molecule has 2 N–H and O–H groups in total. The van der Waals surface area contributed by atoms with Gasteiger partial charge in [0.2, 0.25) is 11.8 Å². The molecule has 230 valence electrons. The molecule has 6 rings (SSSR count). The minimum absolute atomic E-state index is 0.0665. The average molecular weight is 598 g/mol. The molecule has 1 saturated heterocycles. The largest absolute Gasteiger partial charge is 0.468 e. The zero-order chi connectivity index (χ0) is 30.4. The van der Waals surface area contributed by atoms with E-state index < -0.39 is 23.3 Å². The third-order valence-corrected chi connectivity index (χ3v) is 9.40. The van der Waals surface area contributed by atoms with Gasteiger partial charge in [0.25, 0.3) is 5.91 Å². The number of fused-ring (bicyclic) bond motifs is 1. The van der Waals surface area contributed by atoms with Gasteiger partial charge in [-0.1, -0.05) is 0 Å². The minimum Gasteiger partial charge on any atom is -0.468 e. The van der Waals surface area contributed by atoms with Crippen molar-refractivity contribution in [1.82, 2.24) is 35.0 Å². The van der Waals surface area contributed by atoms with E-state index in [1.165, 1.54) is 7.11 Å². The predicted molar refractivity (Wildman–Crippen MR) is 150 cm³/mol. The number of hydrogen-bond donors (Lipinski definition) is 2. The summed E-state index contributed by atoms with van der Waals surface area (Å²) in [7, 11) is 1.29. The second kappa shape index (κ2) is 11.3. The van der Waals surface area contributed by atoms with Gasteiger partial charge in [0.1, 0.15) is 5.69 Å². The maximum atomic E-state index is 14.1. The summed E-state index contributed by atoms with van der Waals surface area (Å²) in [6, 6.07) is 4.48. The lowest BCUT2D eigenvalue weighted by Gasteiger charge is -2.37. The monoisotopic (exact) mass is 597 g/mol. The summed E-state index contributed by atoms with van der Waals surface area (Å²) < 4.78 is 36.4. The number of methoxy groups -OCH3 is 1. The number of carbonyl (C=O) groups excluding carboxylic acids is 3. The molecule has 4 heterocycles. The molecular weight excluding hydrogens is 560 g/mol. The van der Waals surface area contributed by atoms with Gasteiger partial charge >= 0.3 is 5.97 Å². The van der Waals surface area contributed by atoms with Crippen molar-refractivity contribution in [2.24, 2.45) is 23.2 Å². The lowest BCUT2D eigenvalue weighted by atomic mass is 9.71. The van der Waals surface area contributed by atoms with Crippen LogP contribution in [0, 0.1) is 23.2 Å². The molecule has 3 atom stereocenters. The molecule has 11 nitrogen and oxygen atoms in total. The molecule has 0 radical (unpaired) electrons. The van der Waals surface area contributed by atoms with Gasteiger partial charge in [-0.2, -0.15) is 10.2 Å². The van der Waals surface area contributed by atoms with E-state index in [9.17, 15) is 23.2 Å². The Morgan fingerprint density at radius 2 is 1.93 bits per heavy atom. The first-order chi connectivity index (χ1) is 20.6. The number of esters is 1. The van der Waals surface area contributed by atoms with Crippen LogP contribution < -0.4 is 10.6 Å². The van der Waals surface area contributed by atoms with Gasteiger partial charge in [-0.25, -0.2) is 18.3 Å². The van der Waals surface area contributed by atoms with Crippen LogP contribution in [-0.4, -0.2) is 61.7 Å². The van der Waals surface area contributed by atoms with Crippen LogP contribution in [0.4, 0.5) is 8.78 Å². The third-order valence-electron chi connectivity index (χ3n) is 9.40. The summed E-state index contributed by atoms with van der Waals surface area (Å²) in [6.45, 7) is 2.94. The molecule has 0 bridgehead atoms. The van der Waals surface area contributed by atoms with Crippen molar-refractivity contribution < 1.29 is 27.9 Å². The second-order valence-corrected chi connectivity index (χ2v) is 12.2. The van der Waals surface area contributed by atoms with Crippen LogP contribution >= 0.6 is 0 Å². The molecule has 1 aliphatic heterocycles. The van der Waals surface area contributed by atoms with Crippen LogP contribution in [0.3, 0.4) is 0 Å². The fraction of sp³-hybridized carbons (Fsp3) is 0.600. The molecule has 0 aromatic carbocycles. The maximum absolute atomic E-state index is 14.1. The smallest absolute Gasteiger partial charge is 0.321 e. The number of halogens is 2. The number of carbonyl (C=O) groups is 3. The second-order valence-electron chi connectivity index (χ2n) is 12.2. The lowest BCUT2D eigenvalue weighted by Crippen LogP contribution is -2.55. The van der Waals surface area contributed by atoms with Gasteiger partial charge in [0.15, 0.2) is 11.1 Å². The fourth-order valence-electron chi connectivity index (χ4n) is 6.82. The zero-order valence-corrected chi connectivity index (χ0v) is 24.4. The molecule has 3 fully saturated rings. The molecule has 3 unspecified atom stereocenters. The van der Waals surface area contributed by atoms with Crippen LogP contribution in [0.2, 0.25) is 0 Å². The number of nitrogens with one attached hydrogen (secondary N) is 2. The first-order valence-corrected chi connectivity index (χ1v) is 15.0. The number of piperidine rings is 1. The molecule has 2 saturated carbocycles. The van der Waals surface area contributed by atoms with Crippen molar-refractivity contribution in [2.75, 3.05) is 13.7 Å². The molecule has 3 aromatic rings. The van der Waals surface area contributed by atoms with Crippen LogP contribution in [0.5, 0.6) is 0 Å². The fourth-order valence-corrected chi connectivity index (χ4v) is 6.82. The summed E-state index contributed by atoms with van der Waals surface area (Å²) in [5, 5.41) is 14.8.